The number of nitrogens with two attached hydrogens (primary N) is 1. The van der Waals surface area contributed by atoms with Crippen molar-refractivity contribution in [3.8, 4) is 0 Å². The van der Waals surface area contributed by atoms with E-state index in [9.17, 15) is 27.2 Å². The summed E-state index contributed by atoms with van der Waals surface area (Å²) in [7, 11) is 0. The number of hydrogen-bond donors (Lipinski definition) is 1. The molecule has 3 aliphatic rings. The van der Waals surface area contributed by atoms with Crippen LogP contribution in [0.15, 0.2) is 12.3 Å². The number of alkyl halides is 3. The van der Waals surface area contributed by atoms with Crippen LogP contribution in [0.3, 0.4) is 0 Å². The molecule has 1 saturated carbocycles. The molecule has 3 fully saturated rings. The standard InChI is InChI=1S/C19H22F4N4O2/c20-14-4-13(19(21,22)23)7-25-15(14)3-11-5-18(6-11)9-27(10-18)17(29)26-2-1-12(8-26)16(24)28/h4,7,11-12H,1-3,5-6,8-10H2,(H2,24,28)/t12-/m0/s1. The Morgan fingerprint density at radius 2 is 1.93 bits per heavy atom. The first-order valence-electron chi connectivity index (χ1n) is 9.61. The second-order valence-electron chi connectivity index (χ2n) is 8.60. The molecule has 29 heavy (non-hydrogen) atoms. The average molecular weight is 414 g/mol. The Bertz CT molecular complexity index is 830. The average Bonchev–Trinajstić information content (AvgIpc) is 3.06. The largest absolute Gasteiger partial charge is 0.417 e. The Kier molecular flexibility index (Phi) is 4.70. The number of hydrogen-bond acceptors (Lipinski definition) is 3. The quantitative estimate of drug-likeness (QED) is 0.772. The number of rotatable bonds is 3. The Labute approximate surface area is 165 Å². The van der Waals surface area contributed by atoms with Crippen molar-refractivity contribution in [2.75, 3.05) is 26.2 Å². The maximum atomic E-state index is 14.0. The molecule has 2 saturated heterocycles. The number of urea groups is 1. The highest BCUT2D eigenvalue weighted by Gasteiger charge is 2.54. The molecule has 0 aromatic carbocycles. The van der Waals surface area contributed by atoms with Crippen LogP contribution >= 0.6 is 0 Å². The van der Waals surface area contributed by atoms with E-state index in [1.54, 1.807) is 9.80 Å². The fourth-order valence-electron chi connectivity index (χ4n) is 4.88. The zero-order valence-corrected chi connectivity index (χ0v) is 15.7. The lowest BCUT2D eigenvalue weighted by Gasteiger charge is -2.59. The summed E-state index contributed by atoms with van der Waals surface area (Å²) >= 11 is 0. The number of likely N-dealkylation sites (tertiary alicyclic amines) is 2. The smallest absolute Gasteiger partial charge is 0.369 e. The molecule has 1 aliphatic carbocycles. The Balaban J connectivity index is 1.25. The summed E-state index contributed by atoms with van der Waals surface area (Å²) in [4.78, 5) is 30.8. The van der Waals surface area contributed by atoms with Crippen molar-refractivity contribution in [1.82, 2.24) is 14.8 Å². The number of nitrogens with zero attached hydrogens (tertiary/aromatic N) is 3. The fraction of sp³-hybridized carbons (Fsp3) is 0.632. The molecule has 4 rings (SSSR count). The summed E-state index contributed by atoms with van der Waals surface area (Å²) < 4.78 is 51.8. The zero-order chi connectivity index (χ0) is 21.0. The molecule has 1 atom stereocenters. The first kappa shape index (κ1) is 19.9. The van der Waals surface area contributed by atoms with E-state index >= 15 is 0 Å². The van der Waals surface area contributed by atoms with E-state index in [-0.39, 0.29) is 34.9 Å². The van der Waals surface area contributed by atoms with Gasteiger partial charge in [0.15, 0.2) is 0 Å². The predicted octanol–water partition coefficient (Wildman–Crippen LogP) is 2.42. The molecule has 6 nitrogen and oxygen atoms in total. The highest BCUT2D eigenvalue weighted by atomic mass is 19.4. The summed E-state index contributed by atoms with van der Waals surface area (Å²) in [6, 6.07) is 0.411. The number of primary amides is 1. The second-order valence-corrected chi connectivity index (χ2v) is 8.60. The van der Waals surface area contributed by atoms with E-state index in [4.69, 9.17) is 5.73 Å². The molecule has 1 spiro atoms. The van der Waals surface area contributed by atoms with Crippen LogP contribution in [0.2, 0.25) is 0 Å². The molecule has 1 aromatic rings. The molecule has 0 unspecified atom stereocenters. The second kappa shape index (κ2) is 6.84. The Morgan fingerprint density at radius 3 is 2.48 bits per heavy atom. The van der Waals surface area contributed by atoms with E-state index in [2.05, 4.69) is 4.98 Å². The van der Waals surface area contributed by atoms with Gasteiger partial charge in [-0.05, 0) is 37.7 Å². The van der Waals surface area contributed by atoms with Gasteiger partial charge in [0, 0.05) is 37.8 Å². The maximum absolute atomic E-state index is 14.0. The van der Waals surface area contributed by atoms with Crippen molar-refractivity contribution in [2.24, 2.45) is 23.0 Å². The molecule has 3 amide bonds. The van der Waals surface area contributed by atoms with Gasteiger partial charge in [0.1, 0.15) is 5.82 Å². The van der Waals surface area contributed by atoms with E-state index in [0.29, 0.717) is 51.3 Å². The van der Waals surface area contributed by atoms with E-state index in [1.807, 2.05) is 0 Å². The number of carbonyl (C=O) groups excluding carboxylic acids is 2. The topological polar surface area (TPSA) is 79.5 Å². The lowest BCUT2D eigenvalue weighted by atomic mass is 9.57. The minimum Gasteiger partial charge on any atom is -0.369 e. The van der Waals surface area contributed by atoms with Crippen molar-refractivity contribution in [3.05, 3.63) is 29.3 Å². The van der Waals surface area contributed by atoms with Crippen LogP contribution in [0.4, 0.5) is 22.4 Å². The number of amides is 3. The summed E-state index contributed by atoms with van der Waals surface area (Å²) in [6.45, 7) is 2.11. The molecule has 2 aliphatic heterocycles. The van der Waals surface area contributed by atoms with Gasteiger partial charge in [-0.2, -0.15) is 13.2 Å². The molecular formula is C19H22F4N4O2. The van der Waals surface area contributed by atoms with Gasteiger partial charge in [0.2, 0.25) is 5.91 Å². The molecular weight excluding hydrogens is 392 g/mol. The summed E-state index contributed by atoms with van der Waals surface area (Å²) in [5.41, 5.74) is 4.29. The van der Waals surface area contributed by atoms with Crippen LogP contribution in [0, 0.1) is 23.1 Å². The highest BCUT2D eigenvalue weighted by Crippen LogP contribution is 2.53. The summed E-state index contributed by atoms with van der Waals surface area (Å²) in [5, 5.41) is 0. The lowest BCUT2D eigenvalue weighted by molar-refractivity contribution is -0.138. The molecule has 10 heteroatoms. The number of halogens is 4. The van der Waals surface area contributed by atoms with E-state index in [0.717, 1.165) is 12.8 Å². The summed E-state index contributed by atoms with van der Waals surface area (Å²) in [6.07, 6.45) is -1.46. The molecule has 158 valence electrons. The first-order chi connectivity index (χ1) is 13.6. The van der Waals surface area contributed by atoms with Gasteiger partial charge >= 0.3 is 12.2 Å². The van der Waals surface area contributed by atoms with Crippen LogP contribution < -0.4 is 5.73 Å². The SMILES string of the molecule is NC(=O)[C@H]1CCN(C(=O)N2CC3(CC(Cc4ncc(C(F)(F)F)cc4F)C3)C2)C1. The molecule has 0 radical (unpaired) electrons. The third-order valence-corrected chi connectivity index (χ3v) is 6.35. The van der Waals surface area contributed by atoms with Gasteiger partial charge in [-0.15, -0.1) is 0 Å². The number of carbonyl (C=O) groups is 2. The van der Waals surface area contributed by atoms with Crippen LogP contribution in [0.5, 0.6) is 0 Å². The Hall–Kier alpha value is -2.39. The van der Waals surface area contributed by atoms with Crippen molar-refractivity contribution in [3.63, 3.8) is 0 Å². The van der Waals surface area contributed by atoms with Gasteiger partial charge in [0.05, 0.1) is 17.2 Å². The molecule has 0 bridgehead atoms. The molecule has 2 N–H and O–H groups in total. The van der Waals surface area contributed by atoms with Crippen molar-refractivity contribution in [1.29, 1.82) is 0 Å². The van der Waals surface area contributed by atoms with Crippen molar-refractivity contribution in [2.45, 2.75) is 31.9 Å². The minimum absolute atomic E-state index is 0.0194. The third-order valence-electron chi connectivity index (χ3n) is 6.35. The van der Waals surface area contributed by atoms with Gasteiger partial charge in [-0.3, -0.25) is 9.78 Å². The Morgan fingerprint density at radius 1 is 1.24 bits per heavy atom. The number of pyridine rings is 1. The van der Waals surface area contributed by atoms with Crippen LogP contribution in [0.25, 0.3) is 0 Å². The monoisotopic (exact) mass is 414 g/mol. The normalized spacial score (nSPS) is 23.8. The molecule has 3 heterocycles. The summed E-state index contributed by atoms with van der Waals surface area (Å²) in [5.74, 6) is -1.44. The highest BCUT2D eigenvalue weighted by molar-refractivity contribution is 5.80. The van der Waals surface area contributed by atoms with Gasteiger partial charge in [-0.25, -0.2) is 9.18 Å². The van der Waals surface area contributed by atoms with Crippen LogP contribution in [0.1, 0.15) is 30.5 Å². The van der Waals surface area contributed by atoms with Crippen LogP contribution in [-0.4, -0.2) is 52.9 Å². The predicted molar refractivity (Wildman–Crippen MR) is 93.9 cm³/mol. The first-order valence-corrected chi connectivity index (χ1v) is 9.61. The maximum Gasteiger partial charge on any atom is 0.417 e. The number of aromatic nitrogens is 1. The minimum atomic E-state index is -4.61. The van der Waals surface area contributed by atoms with Crippen LogP contribution in [-0.2, 0) is 17.4 Å². The van der Waals surface area contributed by atoms with Gasteiger partial charge in [0.25, 0.3) is 0 Å². The van der Waals surface area contributed by atoms with Gasteiger partial charge < -0.3 is 15.5 Å². The van der Waals surface area contributed by atoms with Gasteiger partial charge in [-0.1, -0.05) is 0 Å². The van der Waals surface area contributed by atoms with E-state index in [1.165, 1.54) is 0 Å². The molecule has 1 aromatic heterocycles. The van der Waals surface area contributed by atoms with E-state index < -0.39 is 17.6 Å². The lowest BCUT2D eigenvalue weighted by Crippen LogP contribution is -2.65. The van der Waals surface area contributed by atoms with Crippen molar-refractivity contribution < 1.29 is 27.2 Å². The third kappa shape index (κ3) is 3.76. The fourth-order valence-corrected chi connectivity index (χ4v) is 4.88. The van der Waals surface area contributed by atoms with Crippen molar-refractivity contribution >= 4 is 11.9 Å². The zero-order valence-electron chi connectivity index (χ0n) is 15.7.